The van der Waals surface area contributed by atoms with E-state index in [2.05, 4.69) is 18.7 Å². The first-order chi connectivity index (χ1) is 6.65. The molecule has 0 rings (SSSR count). The van der Waals surface area contributed by atoms with Gasteiger partial charge < -0.3 is 9.45 Å². The van der Waals surface area contributed by atoms with Crippen molar-refractivity contribution in [2.24, 2.45) is 0 Å². The maximum Gasteiger partial charge on any atom is 0.136 e. The van der Waals surface area contributed by atoms with Crippen LogP contribution < -0.4 is 0 Å². The van der Waals surface area contributed by atoms with Crippen LogP contribution >= 0.6 is 24.0 Å². The van der Waals surface area contributed by atoms with Gasteiger partial charge in [-0.25, -0.2) is 0 Å². The van der Waals surface area contributed by atoms with Crippen molar-refractivity contribution >= 4 is 39.5 Å². The first-order valence-corrected chi connectivity index (χ1v) is 7.80. The molecule has 1 unspecified atom stereocenters. The van der Waals surface area contributed by atoms with Crippen LogP contribution in [0.15, 0.2) is 0 Å². The zero-order chi connectivity index (χ0) is 11.0. The third kappa shape index (κ3) is 6.11. The Bertz CT molecular complexity index is 162. The van der Waals surface area contributed by atoms with Gasteiger partial charge in [0, 0.05) is 18.8 Å². The molecule has 14 heavy (non-hydrogen) atoms. The van der Waals surface area contributed by atoms with Gasteiger partial charge in [-0.1, -0.05) is 35.2 Å². The van der Waals surface area contributed by atoms with Crippen molar-refractivity contribution in [2.45, 2.75) is 20.8 Å². The van der Waals surface area contributed by atoms with Gasteiger partial charge in [0.2, 0.25) is 0 Å². The Morgan fingerprint density at radius 3 is 2.36 bits per heavy atom. The van der Waals surface area contributed by atoms with Crippen LogP contribution in [0.1, 0.15) is 20.8 Å². The number of hydrogen-bond donors (Lipinski definition) is 0. The molecule has 0 fully saturated rings. The Hall–Kier alpha value is 0.550. The quantitative estimate of drug-likeness (QED) is 0.535. The second-order valence-electron chi connectivity index (χ2n) is 2.72. The Morgan fingerprint density at radius 2 is 1.93 bits per heavy atom. The molecule has 0 spiro atoms. The maximum atomic E-state index is 11.1. The fraction of sp³-hybridized carbons (Fsp3) is 0.889. The van der Waals surface area contributed by atoms with Crippen LogP contribution in [0.2, 0.25) is 0 Å². The first-order valence-electron chi connectivity index (χ1n) is 4.92. The van der Waals surface area contributed by atoms with Gasteiger partial charge in [0.1, 0.15) is 15.8 Å². The highest BCUT2D eigenvalue weighted by Crippen LogP contribution is 2.10. The van der Waals surface area contributed by atoms with Gasteiger partial charge in [0.25, 0.3) is 0 Å². The predicted molar refractivity (Wildman–Crippen MR) is 71.5 cm³/mol. The molecule has 0 aliphatic rings. The molecule has 5 heteroatoms. The lowest BCUT2D eigenvalue weighted by atomic mass is 10.6. The zero-order valence-corrected chi connectivity index (χ0v) is 11.6. The number of hydrogen-bond acceptors (Lipinski definition) is 3. The molecule has 0 saturated heterocycles. The lowest BCUT2D eigenvalue weighted by Gasteiger charge is -2.20. The average molecular weight is 253 g/mol. The molecule has 0 aromatic heterocycles. The molecule has 0 aliphatic heterocycles. The molecule has 84 valence electrons. The van der Waals surface area contributed by atoms with Crippen LogP contribution in [-0.2, 0) is 11.2 Å². The Labute approximate surface area is 100.0 Å². The van der Waals surface area contributed by atoms with Gasteiger partial charge in [-0.05, 0) is 20.8 Å². The first kappa shape index (κ1) is 14.6. The maximum absolute atomic E-state index is 11.1. The van der Waals surface area contributed by atoms with Crippen LogP contribution in [0.4, 0.5) is 0 Å². The molecule has 0 aromatic rings. The van der Waals surface area contributed by atoms with E-state index in [1.54, 1.807) is 11.8 Å². The van der Waals surface area contributed by atoms with Crippen molar-refractivity contribution in [1.82, 2.24) is 4.90 Å². The molecule has 0 radical (unpaired) electrons. The number of thioether (sulfide) groups is 1. The molecule has 0 amide bonds. The van der Waals surface area contributed by atoms with E-state index in [9.17, 15) is 4.55 Å². The largest absolute Gasteiger partial charge is 0.616 e. The van der Waals surface area contributed by atoms with Gasteiger partial charge in [-0.3, -0.25) is 0 Å². The van der Waals surface area contributed by atoms with Crippen LogP contribution in [0.3, 0.4) is 0 Å². The average Bonchev–Trinajstić information content (AvgIpc) is 2.19. The minimum atomic E-state index is -0.660. The van der Waals surface area contributed by atoms with Gasteiger partial charge in [-0.2, -0.15) is 0 Å². The Morgan fingerprint density at radius 1 is 1.36 bits per heavy atom. The van der Waals surface area contributed by atoms with Gasteiger partial charge >= 0.3 is 0 Å². The summed E-state index contributed by atoms with van der Waals surface area (Å²) in [7, 11) is 0. The molecular weight excluding hydrogens is 234 g/mol. The summed E-state index contributed by atoms with van der Waals surface area (Å²) in [5.41, 5.74) is 0. The van der Waals surface area contributed by atoms with Crippen molar-refractivity contribution < 1.29 is 4.55 Å². The van der Waals surface area contributed by atoms with Crippen molar-refractivity contribution in [3.63, 3.8) is 0 Å². The highest BCUT2D eigenvalue weighted by atomic mass is 32.2. The molecule has 0 aliphatic carbocycles. The van der Waals surface area contributed by atoms with E-state index >= 15 is 0 Å². The SMILES string of the molecule is CCN(CC)C(=S)SCC[S+]([O-])CC. The monoisotopic (exact) mass is 253 g/mol. The molecule has 0 heterocycles. The summed E-state index contributed by atoms with van der Waals surface area (Å²) in [5, 5.41) is 0. The lowest BCUT2D eigenvalue weighted by molar-refractivity contribution is 0.482. The van der Waals surface area contributed by atoms with E-state index in [-0.39, 0.29) is 0 Å². The van der Waals surface area contributed by atoms with Crippen molar-refractivity contribution in [2.75, 3.05) is 30.3 Å². The standard InChI is InChI=1S/C9H19NOS3/c1-4-10(5-2)9(12)13-7-8-14(11)6-3/h4-8H2,1-3H3. The van der Waals surface area contributed by atoms with E-state index in [1.165, 1.54) is 0 Å². The number of nitrogens with zero attached hydrogens (tertiary/aromatic N) is 1. The zero-order valence-electron chi connectivity index (χ0n) is 9.12. The van der Waals surface area contributed by atoms with E-state index in [0.29, 0.717) is 0 Å². The topological polar surface area (TPSA) is 26.3 Å². The van der Waals surface area contributed by atoms with Crippen molar-refractivity contribution in [3.05, 3.63) is 0 Å². The molecule has 0 saturated carbocycles. The molecule has 0 bridgehead atoms. The predicted octanol–water partition coefficient (Wildman–Crippen LogP) is 2.11. The van der Waals surface area contributed by atoms with E-state index in [4.69, 9.17) is 12.2 Å². The van der Waals surface area contributed by atoms with Crippen LogP contribution in [0.5, 0.6) is 0 Å². The summed E-state index contributed by atoms with van der Waals surface area (Å²) in [6.45, 7) is 8.06. The summed E-state index contributed by atoms with van der Waals surface area (Å²) < 4.78 is 12.1. The third-order valence-corrected chi connectivity index (χ3v) is 4.97. The number of thiocarbonyl (C=S) groups is 1. The Kier molecular flexibility index (Phi) is 9.17. The highest BCUT2D eigenvalue weighted by molar-refractivity contribution is 8.23. The van der Waals surface area contributed by atoms with E-state index in [1.807, 2.05) is 6.92 Å². The molecule has 0 N–H and O–H groups in total. The van der Waals surface area contributed by atoms with Crippen molar-refractivity contribution in [1.29, 1.82) is 0 Å². The molecule has 2 nitrogen and oxygen atoms in total. The second-order valence-corrected chi connectivity index (χ2v) is 6.31. The fourth-order valence-electron chi connectivity index (χ4n) is 0.939. The van der Waals surface area contributed by atoms with Crippen LogP contribution in [0, 0.1) is 0 Å². The van der Waals surface area contributed by atoms with Crippen molar-refractivity contribution in [3.8, 4) is 0 Å². The molecular formula is C9H19NOS3. The minimum absolute atomic E-state index is 0.660. The summed E-state index contributed by atoms with van der Waals surface area (Å²) >= 11 is 6.23. The number of rotatable bonds is 6. The molecule has 1 atom stereocenters. The minimum Gasteiger partial charge on any atom is -0.616 e. The van der Waals surface area contributed by atoms with Crippen LogP contribution in [0.25, 0.3) is 0 Å². The summed E-state index contributed by atoms with van der Waals surface area (Å²) in [4.78, 5) is 2.15. The van der Waals surface area contributed by atoms with Gasteiger partial charge in [-0.15, -0.1) is 0 Å². The summed E-state index contributed by atoms with van der Waals surface area (Å²) in [5.74, 6) is 2.37. The fourth-order valence-corrected chi connectivity index (χ4v) is 3.43. The summed E-state index contributed by atoms with van der Waals surface area (Å²) in [6.07, 6.45) is 0. The third-order valence-electron chi connectivity index (χ3n) is 1.88. The van der Waals surface area contributed by atoms with E-state index < -0.39 is 11.2 Å². The normalized spacial score (nSPS) is 12.6. The lowest BCUT2D eigenvalue weighted by Crippen LogP contribution is -2.27. The Balaban J connectivity index is 3.62. The van der Waals surface area contributed by atoms with E-state index in [0.717, 1.165) is 34.7 Å². The second kappa shape index (κ2) is 8.83. The smallest absolute Gasteiger partial charge is 0.136 e. The van der Waals surface area contributed by atoms with Gasteiger partial charge in [0.15, 0.2) is 0 Å². The van der Waals surface area contributed by atoms with Gasteiger partial charge in [0.05, 0.1) is 0 Å². The highest BCUT2D eigenvalue weighted by Gasteiger charge is 2.08. The summed E-state index contributed by atoms with van der Waals surface area (Å²) in [6, 6.07) is 0. The molecule has 0 aromatic carbocycles. The van der Waals surface area contributed by atoms with Crippen LogP contribution in [-0.4, -0.2) is 44.1 Å².